The maximum Gasteiger partial charge on any atom is 0.251 e. The van der Waals surface area contributed by atoms with Gasteiger partial charge in [-0.3, -0.25) is 14.9 Å². The van der Waals surface area contributed by atoms with Gasteiger partial charge < -0.3 is 10.1 Å². The molecule has 0 spiro atoms. The number of anilines is 1. The van der Waals surface area contributed by atoms with Gasteiger partial charge in [0.2, 0.25) is 11.0 Å². The summed E-state index contributed by atoms with van der Waals surface area (Å²) in [7, 11) is 1.60. The Balaban J connectivity index is 1.52. The van der Waals surface area contributed by atoms with E-state index in [-0.39, 0.29) is 11.8 Å². The Kier molecular flexibility index (Phi) is 7.66. The van der Waals surface area contributed by atoms with Crippen LogP contribution in [0.1, 0.15) is 15.9 Å². The number of hydrogen-bond donors (Lipinski definition) is 2. The first-order chi connectivity index (χ1) is 16.5. The normalized spacial score (nSPS) is 11.5. The van der Waals surface area contributed by atoms with Gasteiger partial charge in [0, 0.05) is 22.0 Å². The van der Waals surface area contributed by atoms with Crippen LogP contribution in [-0.4, -0.2) is 35.2 Å². The van der Waals surface area contributed by atoms with E-state index in [1.165, 1.54) is 11.3 Å². The molecule has 0 bridgehead atoms. The SMILES string of the molecule is COc1cccc(-c2nnc(NC(=O)C(Cc3ccccc3)NC(=O)c3cccc(Br)c3)s2)c1. The van der Waals surface area contributed by atoms with Gasteiger partial charge in [0.25, 0.3) is 5.91 Å². The molecule has 34 heavy (non-hydrogen) atoms. The molecule has 1 aromatic heterocycles. The number of benzene rings is 3. The number of ether oxygens (including phenoxy) is 1. The highest BCUT2D eigenvalue weighted by Gasteiger charge is 2.23. The van der Waals surface area contributed by atoms with Crippen LogP contribution < -0.4 is 15.4 Å². The number of nitrogens with zero attached hydrogens (tertiary/aromatic N) is 2. The van der Waals surface area contributed by atoms with Gasteiger partial charge in [-0.15, -0.1) is 10.2 Å². The molecule has 1 atom stereocenters. The van der Waals surface area contributed by atoms with Crippen molar-refractivity contribution in [2.75, 3.05) is 12.4 Å². The number of rotatable bonds is 8. The van der Waals surface area contributed by atoms with Crippen molar-refractivity contribution in [3.8, 4) is 16.3 Å². The van der Waals surface area contributed by atoms with Crippen LogP contribution in [0.5, 0.6) is 5.75 Å². The Morgan fingerprint density at radius 1 is 1.00 bits per heavy atom. The number of amides is 2. The largest absolute Gasteiger partial charge is 0.497 e. The Bertz CT molecular complexity index is 1300. The summed E-state index contributed by atoms with van der Waals surface area (Å²) in [4.78, 5) is 26.0. The standard InChI is InChI=1S/C25H21BrN4O3S/c1-33-20-12-6-10-18(15-20)24-29-30-25(34-24)28-23(32)21(13-16-7-3-2-4-8-16)27-22(31)17-9-5-11-19(26)14-17/h2-12,14-15,21H,13H2,1H3,(H,27,31)(H,28,30,32). The van der Waals surface area contributed by atoms with E-state index in [1.807, 2.05) is 60.7 Å². The monoisotopic (exact) mass is 536 g/mol. The minimum Gasteiger partial charge on any atom is -0.497 e. The van der Waals surface area contributed by atoms with Crippen molar-refractivity contribution in [1.82, 2.24) is 15.5 Å². The predicted octanol–water partition coefficient (Wildman–Crippen LogP) is 4.96. The number of halogens is 1. The maximum atomic E-state index is 13.2. The summed E-state index contributed by atoms with van der Waals surface area (Å²) >= 11 is 4.62. The zero-order valence-electron chi connectivity index (χ0n) is 18.2. The summed E-state index contributed by atoms with van der Waals surface area (Å²) in [5, 5.41) is 14.9. The van der Waals surface area contributed by atoms with Crippen molar-refractivity contribution < 1.29 is 14.3 Å². The van der Waals surface area contributed by atoms with E-state index < -0.39 is 6.04 Å². The first-order valence-electron chi connectivity index (χ1n) is 10.4. The van der Waals surface area contributed by atoms with E-state index in [2.05, 4.69) is 36.8 Å². The molecule has 7 nitrogen and oxygen atoms in total. The summed E-state index contributed by atoms with van der Waals surface area (Å²) in [6, 6.07) is 23.2. The Morgan fingerprint density at radius 2 is 1.79 bits per heavy atom. The molecule has 3 aromatic carbocycles. The first-order valence-corrected chi connectivity index (χ1v) is 12.0. The van der Waals surface area contributed by atoms with E-state index >= 15 is 0 Å². The molecule has 0 radical (unpaired) electrons. The lowest BCUT2D eigenvalue weighted by Gasteiger charge is -2.18. The van der Waals surface area contributed by atoms with Crippen molar-refractivity contribution in [2.45, 2.75) is 12.5 Å². The van der Waals surface area contributed by atoms with E-state index in [0.29, 0.717) is 27.9 Å². The highest BCUT2D eigenvalue weighted by atomic mass is 79.9. The van der Waals surface area contributed by atoms with Gasteiger partial charge in [-0.25, -0.2) is 0 Å². The smallest absolute Gasteiger partial charge is 0.251 e. The zero-order valence-corrected chi connectivity index (χ0v) is 20.6. The molecule has 0 fully saturated rings. The van der Waals surface area contributed by atoms with Gasteiger partial charge in [-0.1, -0.05) is 75.8 Å². The quantitative estimate of drug-likeness (QED) is 0.332. The number of hydrogen-bond acceptors (Lipinski definition) is 6. The molecule has 2 amide bonds. The van der Waals surface area contributed by atoms with Crippen LogP contribution in [-0.2, 0) is 11.2 Å². The summed E-state index contributed by atoms with van der Waals surface area (Å²) in [6.07, 6.45) is 0.327. The lowest BCUT2D eigenvalue weighted by molar-refractivity contribution is -0.118. The average molecular weight is 537 g/mol. The lowest BCUT2D eigenvalue weighted by atomic mass is 10.0. The third-order valence-corrected chi connectivity index (χ3v) is 6.34. The predicted molar refractivity (Wildman–Crippen MR) is 136 cm³/mol. The van der Waals surface area contributed by atoms with Gasteiger partial charge in [0.1, 0.15) is 16.8 Å². The molecular formula is C25H21BrN4O3S. The van der Waals surface area contributed by atoms with Crippen LogP contribution in [0, 0.1) is 0 Å². The second kappa shape index (κ2) is 11.0. The molecule has 0 aliphatic rings. The summed E-state index contributed by atoms with van der Waals surface area (Å²) < 4.78 is 6.04. The molecule has 4 aromatic rings. The minimum absolute atomic E-state index is 0.327. The van der Waals surface area contributed by atoms with Crippen molar-refractivity contribution >= 4 is 44.2 Å². The molecule has 1 unspecified atom stereocenters. The van der Waals surface area contributed by atoms with Crippen molar-refractivity contribution in [2.24, 2.45) is 0 Å². The van der Waals surface area contributed by atoms with Crippen LogP contribution in [0.4, 0.5) is 5.13 Å². The number of carbonyl (C=O) groups is 2. The van der Waals surface area contributed by atoms with E-state index in [9.17, 15) is 9.59 Å². The van der Waals surface area contributed by atoms with E-state index in [1.54, 1.807) is 25.3 Å². The van der Waals surface area contributed by atoms with Crippen molar-refractivity contribution in [3.63, 3.8) is 0 Å². The molecular weight excluding hydrogens is 516 g/mol. The molecule has 2 N–H and O–H groups in total. The molecule has 0 aliphatic heterocycles. The molecule has 0 saturated heterocycles. The Hall–Kier alpha value is -3.56. The van der Waals surface area contributed by atoms with Crippen LogP contribution in [0.15, 0.2) is 83.3 Å². The van der Waals surface area contributed by atoms with Crippen LogP contribution in [0.25, 0.3) is 10.6 Å². The van der Waals surface area contributed by atoms with E-state index in [0.717, 1.165) is 15.6 Å². The third kappa shape index (κ3) is 6.06. The highest BCUT2D eigenvalue weighted by Crippen LogP contribution is 2.28. The number of nitrogens with one attached hydrogen (secondary N) is 2. The fraction of sp³-hybridized carbons (Fsp3) is 0.120. The third-order valence-electron chi connectivity index (χ3n) is 4.96. The van der Waals surface area contributed by atoms with Crippen LogP contribution >= 0.6 is 27.3 Å². The van der Waals surface area contributed by atoms with Gasteiger partial charge in [-0.05, 0) is 35.9 Å². The summed E-state index contributed by atoms with van der Waals surface area (Å²) in [5.41, 5.74) is 2.21. The molecule has 9 heteroatoms. The zero-order chi connectivity index (χ0) is 23.9. The van der Waals surface area contributed by atoms with Gasteiger partial charge >= 0.3 is 0 Å². The summed E-state index contributed by atoms with van der Waals surface area (Å²) in [5.74, 6) is -0.0104. The number of methoxy groups -OCH3 is 1. The van der Waals surface area contributed by atoms with Gasteiger partial charge in [0.15, 0.2) is 0 Å². The van der Waals surface area contributed by atoms with Crippen LogP contribution in [0.2, 0.25) is 0 Å². The van der Waals surface area contributed by atoms with Crippen molar-refractivity contribution in [3.05, 3.63) is 94.5 Å². The second-order valence-electron chi connectivity index (χ2n) is 7.36. The Labute approximate surface area is 209 Å². The topological polar surface area (TPSA) is 93.2 Å². The highest BCUT2D eigenvalue weighted by molar-refractivity contribution is 9.10. The fourth-order valence-electron chi connectivity index (χ4n) is 3.27. The molecule has 4 rings (SSSR count). The summed E-state index contributed by atoms with van der Waals surface area (Å²) in [6.45, 7) is 0. The molecule has 172 valence electrons. The van der Waals surface area contributed by atoms with Crippen molar-refractivity contribution in [1.29, 1.82) is 0 Å². The van der Waals surface area contributed by atoms with Gasteiger partial charge in [0.05, 0.1) is 7.11 Å². The molecule has 1 heterocycles. The first kappa shape index (κ1) is 23.6. The lowest BCUT2D eigenvalue weighted by Crippen LogP contribution is -2.45. The second-order valence-corrected chi connectivity index (χ2v) is 9.25. The number of carbonyl (C=O) groups excluding carboxylic acids is 2. The molecule has 0 aliphatic carbocycles. The Morgan fingerprint density at radius 3 is 2.56 bits per heavy atom. The number of aromatic nitrogens is 2. The average Bonchev–Trinajstić information content (AvgIpc) is 3.32. The van der Waals surface area contributed by atoms with Gasteiger partial charge in [-0.2, -0.15) is 0 Å². The fourth-order valence-corrected chi connectivity index (χ4v) is 4.41. The molecule has 0 saturated carbocycles. The van der Waals surface area contributed by atoms with Crippen LogP contribution in [0.3, 0.4) is 0 Å². The maximum absolute atomic E-state index is 13.2. The minimum atomic E-state index is -0.807. The van der Waals surface area contributed by atoms with E-state index in [4.69, 9.17) is 4.74 Å².